The van der Waals surface area contributed by atoms with Crippen LogP contribution in [-0.2, 0) is 9.59 Å². The van der Waals surface area contributed by atoms with Gasteiger partial charge in [0.25, 0.3) is 5.91 Å². The van der Waals surface area contributed by atoms with Gasteiger partial charge in [-0.2, -0.15) is 0 Å². The normalized spacial score (nSPS) is 13.0. The highest BCUT2D eigenvalue weighted by molar-refractivity contribution is 8.24. The Bertz CT molecular complexity index is 1240. The summed E-state index contributed by atoms with van der Waals surface area (Å²) in [5.41, 5.74) is 2.17. The van der Waals surface area contributed by atoms with Crippen LogP contribution in [0.3, 0.4) is 0 Å². The lowest BCUT2D eigenvalue weighted by molar-refractivity contribution is -0.128. The third-order valence-corrected chi connectivity index (χ3v) is 8.22. The molecule has 0 fully saturated rings. The molecule has 38 heavy (non-hydrogen) atoms. The number of amidine groups is 1. The molecule has 0 aliphatic carbocycles. The van der Waals surface area contributed by atoms with Gasteiger partial charge in [-0.3, -0.25) is 15.0 Å². The Morgan fingerprint density at radius 1 is 1.18 bits per heavy atom. The number of thiophene rings is 1. The van der Waals surface area contributed by atoms with Crippen LogP contribution in [0.25, 0.3) is 5.57 Å². The molecule has 3 N–H and O–H groups in total. The Labute approximate surface area is 238 Å². The van der Waals surface area contributed by atoms with Crippen molar-refractivity contribution in [3.8, 4) is 0 Å². The Balaban J connectivity index is 2.46. The topological polar surface area (TPSA) is 97.1 Å². The van der Waals surface area contributed by atoms with E-state index in [1.165, 1.54) is 0 Å². The molecule has 2 amide bonds. The molecule has 1 heterocycles. The number of halogens is 1. The van der Waals surface area contributed by atoms with E-state index in [0.717, 1.165) is 38.2 Å². The van der Waals surface area contributed by atoms with Gasteiger partial charge >= 0.3 is 0 Å². The SMILES string of the molecule is C=C(C(=O)N(CC)CC)/C(Cl)=C\C(=C/C)c1ccc(C(c2ccccc2)C(C)(C)C(=O)NC(=N)SC=N)s1. The maximum atomic E-state index is 13.3. The van der Waals surface area contributed by atoms with E-state index in [1.807, 2.05) is 83.2 Å². The largest absolute Gasteiger partial charge is 0.339 e. The third-order valence-electron chi connectivity index (χ3n) is 6.23. The zero-order chi connectivity index (χ0) is 28.5. The summed E-state index contributed by atoms with van der Waals surface area (Å²) < 4.78 is 0. The molecule has 0 aliphatic rings. The lowest BCUT2D eigenvalue weighted by atomic mass is 9.73. The second-order valence-corrected chi connectivity index (χ2v) is 11.4. The van der Waals surface area contributed by atoms with E-state index < -0.39 is 5.41 Å². The van der Waals surface area contributed by atoms with Crippen molar-refractivity contribution in [3.63, 3.8) is 0 Å². The minimum absolute atomic E-state index is 0.0905. The molecular weight excluding hydrogens is 536 g/mol. The number of hydrogen-bond acceptors (Lipinski definition) is 6. The Kier molecular flexibility index (Phi) is 11.8. The van der Waals surface area contributed by atoms with Crippen LogP contribution in [0, 0.1) is 16.2 Å². The maximum absolute atomic E-state index is 13.3. The maximum Gasteiger partial charge on any atom is 0.254 e. The molecule has 1 aromatic carbocycles. The van der Waals surface area contributed by atoms with Crippen molar-refractivity contribution in [2.75, 3.05) is 13.1 Å². The molecule has 6 nitrogen and oxygen atoms in total. The zero-order valence-corrected chi connectivity index (χ0v) is 24.8. The van der Waals surface area contributed by atoms with E-state index in [1.54, 1.807) is 22.3 Å². The van der Waals surface area contributed by atoms with Crippen LogP contribution < -0.4 is 5.32 Å². The first-order valence-electron chi connectivity index (χ1n) is 12.2. The summed E-state index contributed by atoms with van der Waals surface area (Å²) in [4.78, 5) is 29.6. The Hall–Kier alpha value is -2.94. The summed E-state index contributed by atoms with van der Waals surface area (Å²) in [7, 11) is 0. The van der Waals surface area contributed by atoms with E-state index in [9.17, 15) is 9.59 Å². The number of likely N-dealkylation sites (N-methyl/N-ethyl adjacent to an activating group) is 1. The molecule has 1 atom stereocenters. The lowest BCUT2D eigenvalue weighted by Gasteiger charge is -2.33. The Morgan fingerprint density at radius 3 is 2.37 bits per heavy atom. The molecule has 1 aromatic heterocycles. The van der Waals surface area contributed by atoms with Crippen molar-refractivity contribution in [1.29, 1.82) is 10.8 Å². The van der Waals surface area contributed by atoms with E-state index >= 15 is 0 Å². The highest BCUT2D eigenvalue weighted by Crippen LogP contribution is 2.45. The van der Waals surface area contributed by atoms with E-state index in [-0.39, 0.29) is 33.5 Å². The summed E-state index contributed by atoms with van der Waals surface area (Å²) in [5.74, 6) is -0.791. The molecule has 2 aromatic rings. The quantitative estimate of drug-likeness (QED) is 0.115. The fourth-order valence-electron chi connectivity index (χ4n) is 4.05. The molecule has 0 saturated heterocycles. The first-order valence-corrected chi connectivity index (χ1v) is 14.3. The van der Waals surface area contributed by atoms with Gasteiger partial charge in [0.1, 0.15) is 0 Å². The first-order chi connectivity index (χ1) is 18.0. The van der Waals surface area contributed by atoms with Crippen molar-refractivity contribution < 1.29 is 9.59 Å². The lowest BCUT2D eigenvalue weighted by Crippen LogP contribution is -2.42. The second kappa shape index (κ2) is 14.3. The molecule has 9 heteroatoms. The average molecular weight is 571 g/mol. The summed E-state index contributed by atoms with van der Waals surface area (Å²) in [6, 6.07) is 13.8. The minimum Gasteiger partial charge on any atom is -0.339 e. The number of allylic oxidation sites excluding steroid dienone is 3. The van der Waals surface area contributed by atoms with Crippen LogP contribution in [0.15, 0.2) is 71.8 Å². The summed E-state index contributed by atoms with van der Waals surface area (Å²) in [6.07, 6.45) is 3.69. The Morgan fingerprint density at radius 2 is 1.82 bits per heavy atom. The van der Waals surface area contributed by atoms with Crippen molar-refractivity contribution in [2.45, 2.75) is 40.5 Å². The highest BCUT2D eigenvalue weighted by atomic mass is 35.5. The fraction of sp³-hybridized carbons (Fsp3) is 0.310. The number of carbonyl (C=O) groups excluding carboxylic acids is 2. The number of benzene rings is 1. The summed E-state index contributed by atoms with van der Waals surface area (Å²) in [5, 5.41) is 17.9. The smallest absolute Gasteiger partial charge is 0.254 e. The number of amides is 2. The monoisotopic (exact) mass is 570 g/mol. The molecule has 0 radical (unpaired) electrons. The first kappa shape index (κ1) is 31.3. The fourth-order valence-corrected chi connectivity index (χ4v) is 5.89. The van der Waals surface area contributed by atoms with Gasteiger partial charge in [-0.25, -0.2) is 0 Å². The molecule has 1 unspecified atom stereocenters. The van der Waals surface area contributed by atoms with Crippen LogP contribution in [0.1, 0.15) is 55.9 Å². The predicted octanol–water partition coefficient (Wildman–Crippen LogP) is 7.25. The minimum atomic E-state index is -0.910. The number of rotatable bonds is 11. The molecule has 0 aliphatic heterocycles. The van der Waals surface area contributed by atoms with Crippen LogP contribution >= 0.6 is 34.7 Å². The standard InChI is InChI=1S/C29H35ClN4O2S2/c1-7-20(17-22(30)19(4)26(35)34(8-2)9-3)23-15-16-24(38-23)25(21-13-11-10-12-14-21)29(5,6)27(36)33-28(32)37-18-31/h7,10-18,25,31H,4,8-9H2,1-3,5-6H3,(H2,32,33,36)/b20-7+,22-17+,31-18?. The highest BCUT2D eigenvalue weighted by Gasteiger charge is 2.40. The van der Waals surface area contributed by atoms with Gasteiger partial charge in [0.2, 0.25) is 5.91 Å². The van der Waals surface area contributed by atoms with Gasteiger partial charge in [-0.05, 0) is 61.9 Å². The van der Waals surface area contributed by atoms with Gasteiger partial charge in [0, 0.05) is 28.8 Å². The number of thioether (sulfide) groups is 1. The van der Waals surface area contributed by atoms with Crippen molar-refractivity contribution in [1.82, 2.24) is 10.2 Å². The van der Waals surface area contributed by atoms with Crippen molar-refractivity contribution in [3.05, 3.63) is 87.1 Å². The summed E-state index contributed by atoms with van der Waals surface area (Å²) in [6.45, 7) is 14.5. The molecule has 0 saturated carbocycles. The van der Waals surface area contributed by atoms with Gasteiger partial charge in [0.15, 0.2) is 5.17 Å². The number of hydrogen-bond donors (Lipinski definition) is 3. The van der Waals surface area contributed by atoms with Crippen LogP contribution in [-0.4, -0.2) is 40.5 Å². The van der Waals surface area contributed by atoms with Crippen LogP contribution in [0.4, 0.5) is 0 Å². The number of nitrogens with zero attached hydrogens (tertiary/aromatic N) is 1. The van der Waals surface area contributed by atoms with Crippen molar-refractivity contribution >= 4 is 62.8 Å². The van der Waals surface area contributed by atoms with E-state index in [2.05, 4.69) is 11.9 Å². The average Bonchev–Trinajstić information content (AvgIpc) is 3.37. The molecule has 0 bridgehead atoms. The van der Waals surface area contributed by atoms with Crippen LogP contribution in [0.2, 0.25) is 0 Å². The van der Waals surface area contributed by atoms with Gasteiger partial charge < -0.3 is 15.6 Å². The third kappa shape index (κ3) is 7.56. The molecular formula is C29H35ClN4O2S2. The van der Waals surface area contributed by atoms with Gasteiger partial charge in [-0.1, -0.05) is 68.4 Å². The predicted molar refractivity (Wildman–Crippen MR) is 163 cm³/mol. The van der Waals surface area contributed by atoms with Crippen LogP contribution in [0.5, 0.6) is 0 Å². The second-order valence-electron chi connectivity index (χ2n) is 8.98. The van der Waals surface area contributed by atoms with E-state index in [4.69, 9.17) is 22.4 Å². The van der Waals surface area contributed by atoms with Gasteiger partial charge in [0.05, 0.1) is 21.6 Å². The number of nitrogens with one attached hydrogen (secondary N) is 3. The van der Waals surface area contributed by atoms with Gasteiger partial charge in [-0.15, -0.1) is 11.3 Å². The van der Waals surface area contributed by atoms with Crippen molar-refractivity contribution in [2.24, 2.45) is 5.41 Å². The molecule has 2 rings (SSSR count). The molecule has 0 spiro atoms. The summed E-state index contributed by atoms with van der Waals surface area (Å²) >= 11 is 8.94. The van der Waals surface area contributed by atoms with E-state index in [0.29, 0.717) is 13.1 Å². The molecule has 202 valence electrons. The zero-order valence-electron chi connectivity index (χ0n) is 22.4. The number of carbonyl (C=O) groups is 2.